The van der Waals surface area contributed by atoms with Crippen LogP contribution >= 0.6 is 11.3 Å². The molecule has 5 nitrogen and oxygen atoms in total. The minimum Gasteiger partial charge on any atom is -0.484 e. The summed E-state index contributed by atoms with van der Waals surface area (Å²) < 4.78 is 20.9. The van der Waals surface area contributed by atoms with Crippen LogP contribution in [0.2, 0.25) is 0 Å². The number of carbonyl (C=O) groups excluding carboxylic acids is 1. The predicted molar refractivity (Wildman–Crippen MR) is 119 cm³/mol. The predicted octanol–water partition coefficient (Wildman–Crippen LogP) is 4.81. The van der Waals surface area contributed by atoms with Crippen LogP contribution in [0.25, 0.3) is 16.2 Å². The molecule has 2 aromatic heterocycles. The molecule has 1 aliphatic rings. The van der Waals surface area contributed by atoms with Crippen molar-refractivity contribution in [1.29, 1.82) is 0 Å². The number of imidazole rings is 1. The van der Waals surface area contributed by atoms with Gasteiger partial charge in [-0.1, -0.05) is 18.2 Å². The third-order valence-electron chi connectivity index (χ3n) is 5.45. The molecule has 1 saturated carbocycles. The van der Waals surface area contributed by atoms with Crippen LogP contribution < -0.4 is 4.74 Å². The number of thiazole rings is 1. The third-order valence-corrected chi connectivity index (χ3v) is 6.33. The molecule has 0 atom stereocenters. The van der Waals surface area contributed by atoms with E-state index in [0.717, 1.165) is 41.2 Å². The molecular weight excluding hydrogens is 413 g/mol. The SMILES string of the molecule is O=C(COc1ccccc1)N(CCc1csc2nc(-c3ccc(F)cc3)cn12)C1CC1. The van der Waals surface area contributed by atoms with Gasteiger partial charge >= 0.3 is 0 Å². The maximum absolute atomic E-state index is 13.2. The fraction of sp³-hybridized carbons (Fsp3) is 0.250. The highest BCUT2D eigenvalue weighted by atomic mass is 32.1. The van der Waals surface area contributed by atoms with Gasteiger partial charge in [0.2, 0.25) is 0 Å². The molecule has 0 unspecified atom stereocenters. The van der Waals surface area contributed by atoms with Crippen LogP contribution in [0.4, 0.5) is 4.39 Å². The average molecular weight is 436 g/mol. The summed E-state index contributed by atoms with van der Waals surface area (Å²) in [4.78, 5) is 20.3. The zero-order valence-electron chi connectivity index (χ0n) is 16.9. The Balaban J connectivity index is 1.26. The monoisotopic (exact) mass is 435 g/mol. The Morgan fingerprint density at radius 3 is 2.68 bits per heavy atom. The number of benzene rings is 2. The number of amides is 1. The van der Waals surface area contributed by atoms with Gasteiger partial charge in [-0.05, 0) is 49.2 Å². The number of halogens is 1. The second-order valence-corrected chi connectivity index (χ2v) is 8.52. The highest BCUT2D eigenvalue weighted by molar-refractivity contribution is 7.15. The molecule has 1 amide bonds. The van der Waals surface area contributed by atoms with Gasteiger partial charge in [0, 0.05) is 41.8 Å². The minimum absolute atomic E-state index is 0.0236. The van der Waals surface area contributed by atoms with Crippen molar-refractivity contribution < 1.29 is 13.9 Å². The summed E-state index contributed by atoms with van der Waals surface area (Å²) in [6, 6.07) is 16.1. The fourth-order valence-electron chi connectivity index (χ4n) is 3.65. The second kappa shape index (κ2) is 8.51. The largest absolute Gasteiger partial charge is 0.484 e. The number of aromatic nitrogens is 2. The van der Waals surface area contributed by atoms with E-state index < -0.39 is 0 Å². The van der Waals surface area contributed by atoms with E-state index in [1.165, 1.54) is 12.1 Å². The normalized spacial score (nSPS) is 13.5. The van der Waals surface area contributed by atoms with Crippen molar-refractivity contribution in [3.05, 3.63) is 77.7 Å². The first kappa shape index (κ1) is 19.8. The summed E-state index contributed by atoms with van der Waals surface area (Å²) in [6.07, 6.45) is 4.83. The van der Waals surface area contributed by atoms with Crippen molar-refractivity contribution in [3.63, 3.8) is 0 Å². The van der Waals surface area contributed by atoms with Crippen LogP contribution in [0.15, 0.2) is 66.2 Å². The second-order valence-electron chi connectivity index (χ2n) is 7.68. The molecule has 1 fully saturated rings. The third kappa shape index (κ3) is 4.46. The summed E-state index contributed by atoms with van der Waals surface area (Å²) in [7, 11) is 0. The minimum atomic E-state index is -0.258. The van der Waals surface area contributed by atoms with E-state index in [9.17, 15) is 9.18 Å². The molecule has 1 aliphatic carbocycles. The van der Waals surface area contributed by atoms with E-state index in [1.807, 2.05) is 41.4 Å². The molecule has 2 heterocycles. The van der Waals surface area contributed by atoms with Crippen molar-refractivity contribution in [3.8, 4) is 17.0 Å². The van der Waals surface area contributed by atoms with Gasteiger partial charge in [-0.2, -0.15) is 0 Å². The maximum atomic E-state index is 13.2. The smallest absolute Gasteiger partial charge is 0.260 e. The van der Waals surface area contributed by atoms with E-state index in [0.29, 0.717) is 18.3 Å². The van der Waals surface area contributed by atoms with Crippen LogP contribution in [0, 0.1) is 5.82 Å². The lowest BCUT2D eigenvalue weighted by Gasteiger charge is -2.22. The van der Waals surface area contributed by atoms with Gasteiger partial charge in [-0.3, -0.25) is 9.20 Å². The van der Waals surface area contributed by atoms with Gasteiger partial charge in [0.15, 0.2) is 11.6 Å². The standard InChI is InChI=1S/C24H22FN3O2S/c25-18-8-6-17(7-9-18)22-14-28-20(16-31-24(28)26-22)12-13-27(19-10-11-19)23(29)15-30-21-4-2-1-3-5-21/h1-9,14,16,19H,10-13,15H2. The number of fused-ring (bicyclic) bond motifs is 1. The van der Waals surface area contributed by atoms with E-state index >= 15 is 0 Å². The summed E-state index contributed by atoms with van der Waals surface area (Å²) in [5.41, 5.74) is 2.82. The first-order valence-electron chi connectivity index (χ1n) is 10.4. The molecule has 7 heteroatoms. The van der Waals surface area contributed by atoms with Crippen molar-refractivity contribution >= 4 is 22.2 Å². The van der Waals surface area contributed by atoms with Crippen molar-refractivity contribution in [1.82, 2.24) is 14.3 Å². The molecule has 2 aromatic carbocycles. The summed E-state index contributed by atoms with van der Waals surface area (Å²) in [5.74, 6) is 0.472. The quantitative estimate of drug-likeness (QED) is 0.399. The topological polar surface area (TPSA) is 46.8 Å². The molecule has 5 rings (SSSR count). The van der Waals surface area contributed by atoms with Crippen molar-refractivity contribution in [2.45, 2.75) is 25.3 Å². The number of carbonyl (C=O) groups is 1. The lowest BCUT2D eigenvalue weighted by Crippen LogP contribution is -2.38. The Hall–Kier alpha value is -3.19. The van der Waals surface area contributed by atoms with Gasteiger partial charge in [0.05, 0.1) is 5.69 Å². The molecule has 31 heavy (non-hydrogen) atoms. The molecule has 0 spiro atoms. The highest BCUT2D eigenvalue weighted by Crippen LogP contribution is 2.28. The van der Waals surface area contributed by atoms with Crippen LogP contribution in [-0.2, 0) is 11.2 Å². The zero-order valence-corrected chi connectivity index (χ0v) is 17.7. The van der Waals surface area contributed by atoms with E-state index in [-0.39, 0.29) is 18.3 Å². The number of nitrogens with zero attached hydrogens (tertiary/aromatic N) is 3. The lowest BCUT2D eigenvalue weighted by molar-refractivity contribution is -0.133. The average Bonchev–Trinajstić information content (AvgIpc) is 3.43. The van der Waals surface area contributed by atoms with Crippen LogP contribution in [0.5, 0.6) is 5.75 Å². The van der Waals surface area contributed by atoms with Crippen LogP contribution in [0.3, 0.4) is 0 Å². The van der Waals surface area contributed by atoms with Gasteiger partial charge < -0.3 is 9.64 Å². The molecule has 0 N–H and O–H groups in total. The Morgan fingerprint density at radius 2 is 1.94 bits per heavy atom. The first-order valence-corrected chi connectivity index (χ1v) is 11.2. The highest BCUT2D eigenvalue weighted by Gasteiger charge is 2.32. The fourth-order valence-corrected chi connectivity index (χ4v) is 4.55. The van der Waals surface area contributed by atoms with E-state index in [2.05, 4.69) is 14.8 Å². The van der Waals surface area contributed by atoms with E-state index in [1.54, 1.807) is 23.5 Å². The molecule has 0 bridgehead atoms. The van der Waals surface area contributed by atoms with Crippen LogP contribution in [0.1, 0.15) is 18.5 Å². The molecular formula is C24H22FN3O2S. The number of rotatable bonds is 8. The Labute approximate surface area is 183 Å². The maximum Gasteiger partial charge on any atom is 0.260 e. The lowest BCUT2D eigenvalue weighted by atomic mass is 10.2. The summed E-state index contributed by atoms with van der Waals surface area (Å²) in [6.45, 7) is 0.705. The summed E-state index contributed by atoms with van der Waals surface area (Å²) >= 11 is 1.57. The van der Waals surface area contributed by atoms with Crippen molar-refractivity contribution in [2.75, 3.05) is 13.2 Å². The summed E-state index contributed by atoms with van der Waals surface area (Å²) in [5, 5.41) is 2.09. The molecule has 0 radical (unpaired) electrons. The number of hydrogen-bond donors (Lipinski definition) is 0. The number of ether oxygens (including phenoxy) is 1. The Morgan fingerprint density at radius 1 is 1.16 bits per heavy atom. The Bertz CT molecular complexity index is 1180. The van der Waals surface area contributed by atoms with Crippen molar-refractivity contribution in [2.24, 2.45) is 0 Å². The molecule has 0 aliphatic heterocycles. The van der Waals surface area contributed by atoms with E-state index in [4.69, 9.17) is 4.74 Å². The first-order chi connectivity index (χ1) is 15.2. The molecule has 0 saturated heterocycles. The number of para-hydroxylation sites is 1. The van der Waals surface area contributed by atoms with Crippen LogP contribution in [-0.4, -0.2) is 39.4 Å². The van der Waals surface area contributed by atoms with Gasteiger partial charge in [0.1, 0.15) is 11.6 Å². The molecule has 158 valence electrons. The number of hydrogen-bond acceptors (Lipinski definition) is 4. The zero-order chi connectivity index (χ0) is 21.2. The van der Waals surface area contributed by atoms with Gasteiger partial charge in [-0.25, -0.2) is 9.37 Å². The Kier molecular flexibility index (Phi) is 5.42. The van der Waals surface area contributed by atoms with Gasteiger partial charge in [-0.15, -0.1) is 11.3 Å². The van der Waals surface area contributed by atoms with Gasteiger partial charge in [0.25, 0.3) is 5.91 Å². The molecule has 4 aromatic rings.